The molecular weight excluding hydrogens is 308 g/mol. The fourth-order valence-electron chi connectivity index (χ4n) is 1.60. The van der Waals surface area contributed by atoms with Gasteiger partial charge < -0.3 is 10.5 Å². The lowest BCUT2D eigenvalue weighted by Gasteiger charge is -2.07. The van der Waals surface area contributed by atoms with Crippen LogP contribution in [0.4, 0.5) is 0 Å². The summed E-state index contributed by atoms with van der Waals surface area (Å²) in [5, 5.41) is 1.98. The molecule has 1 amide bonds. The standard InChI is InChI=1S/C14H14N2O3S2/c1-9-7-20-14(16-9)21-8-10-4-2-3-5-11(10)13(18)19-6-12(15)17/h2-5,7H,6,8H2,1H3,(H2,15,17). The summed E-state index contributed by atoms with van der Waals surface area (Å²) in [6, 6.07) is 7.14. The number of nitrogens with zero attached hydrogens (tertiary/aromatic N) is 1. The summed E-state index contributed by atoms with van der Waals surface area (Å²) in [5.74, 6) is -0.608. The number of carbonyl (C=O) groups is 2. The highest BCUT2D eigenvalue weighted by Gasteiger charge is 2.14. The van der Waals surface area contributed by atoms with E-state index in [1.165, 1.54) is 0 Å². The normalized spacial score (nSPS) is 10.3. The van der Waals surface area contributed by atoms with E-state index in [1.807, 2.05) is 24.4 Å². The lowest BCUT2D eigenvalue weighted by atomic mass is 10.1. The topological polar surface area (TPSA) is 82.3 Å². The molecule has 0 aliphatic rings. The first-order valence-corrected chi connectivity index (χ1v) is 8.01. The molecule has 7 heteroatoms. The number of aryl methyl sites for hydroxylation is 1. The van der Waals surface area contributed by atoms with E-state index in [0.717, 1.165) is 15.6 Å². The molecule has 2 N–H and O–H groups in total. The van der Waals surface area contributed by atoms with E-state index in [1.54, 1.807) is 35.2 Å². The van der Waals surface area contributed by atoms with Crippen LogP contribution in [0.3, 0.4) is 0 Å². The molecule has 0 spiro atoms. The second-order valence-electron chi connectivity index (χ2n) is 4.24. The fraction of sp³-hybridized carbons (Fsp3) is 0.214. The Hall–Kier alpha value is -1.86. The number of ether oxygens (including phenoxy) is 1. The molecule has 0 bridgehead atoms. The molecule has 0 aliphatic carbocycles. The Labute approximate surface area is 130 Å². The minimum absolute atomic E-state index is 0.411. The zero-order chi connectivity index (χ0) is 15.2. The van der Waals surface area contributed by atoms with E-state index in [-0.39, 0.29) is 0 Å². The molecule has 0 saturated heterocycles. The van der Waals surface area contributed by atoms with E-state index in [0.29, 0.717) is 11.3 Å². The first-order chi connectivity index (χ1) is 10.1. The molecule has 1 aromatic carbocycles. The summed E-state index contributed by atoms with van der Waals surface area (Å²) < 4.78 is 5.80. The van der Waals surface area contributed by atoms with Crippen LogP contribution in [0.2, 0.25) is 0 Å². The molecule has 0 saturated carbocycles. The SMILES string of the molecule is Cc1csc(SCc2ccccc2C(=O)OCC(N)=O)n1. The van der Waals surface area contributed by atoms with Crippen LogP contribution in [0.1, 0.15) is 21.6 Å². The van der Waals surface area contributed by atoms with E-state index >= 15 is 0 Å². The molecule has 0 atom stereocenters. The molecule has 0 fully saturated rings. The average Bonchev–Trinajstić information content (AvgIpc) is 2.88. The summed E-state index contributed by atoms with van der Waals surface area (Å²) in [6.07, 6.45) is 0. The number of hydrogen-bond donors (Lipinski definition) is 1. The molecule has 1 heterocycles. The number of esters is 1. The van der Waals surface area contributed by atoms with Crippen molar-refractivity contribution in [1.82, 2.24) is 4.98 Å². The van der Waals surface area contributed by atoms with Crippen LogP contribution >= 0.6 is 23.1 Å². The molecule has 5 nitrogen and oxygen atoms in total. The minimum Gasteiger partial charge on any atom is -0.452 e. The number of primary amides is 1. The molecule has 2 aromatic rings. The van der Waals surface area contributed by atoms with Crippen LogP contribution < -0.4 is 5.73 Å². The number of benzene rings is 1. The maximum Gasteiger partial charge on any atom is 0.338 e. The first-order valence-electron chi connectivity index (χ1n) is 6.14. The van der Waals surface area contributed by atoms with Gasteiger partial charge in [0.1, 0.15) is 4.34 Å². The van der Waals surface area contributed by atoms with Gasteiger partial charge in [-0.3, -0.25) is 4.79 Å². The molecule has 0 radical (unpaired) electrons. The van der Waals surface area contributed by atoms with Gasteiger partial charge in [0.2, 0.25) is 0 Å². The Kier molecular flexibility index (Phi) is 5.35. The van der Waals surface area contributed by atoms with Crippen LogP contribution in [0.5, 0.6) is 0 Å². The van der Waals surface area contributed by atoms with Gasteiger partial charge in [0, 0.05) is 16.8 Å². The Morgan fingerprint density at radius 2 is 2.14 bits per heavy atom. The maximum atomic E-state index is 11.9. The van der Waals surface area contributed by atoms with Crippen LogP contribution in [0.25, 0.3) is 0 Å². The zero-order valence-corrected chi connectivity index (χ0v) is 13.0. The second kappa shape index (κ2) is 7.24. The van der Waals surface area contributed by atoms with Crippen molar-refractivity contribution in [3.05, 3.63) is 46.5 Å². The number of carbonyl (C=O) groups excluding carboxylic acids is 2. The Bertz CT molecular complexity index is 655. The van der Waals surface area contributed by atoms with Crippen molar-refractivity contribution in [3.63, 3.8) is 0 Å². The highest BCUT2D eigenvalue weighted by atomic mass is 32.2. The number of aromatic nitrogens is 1. The molecule has 21 heavy (non-hydrogen) atoms. The van der Waals surface area contributed by atoms with Crippen molar-refractivity contribution in [2.24, 2.45) is 5.73 Å². The largest absolute Gasteiger partial charge is 0.452 e. The van der Waals surface area contributed by atoms with Crippen molar-refractivity contribution in [3.8, 4) is 0 Å². The van der Waals surface area contributed by atoms with Crippen LogP contribution in [-0.4, -0.2) is 23.5 Å². The summed E-state index contributed by atoms with van der Waals surface area (Å²) >= 11 is 3.13. The monoisotopic (exact) mass is 322 g/mol. The summed E-state index contributed by atoms with van der Waals surface area (Å²) in [7, 11) is 0. The third-order valence-corrected chi connectivity index (χ3v) is 4.72. The minimum atomic E-state index is -0.673. The number of thiazole rings is 1. The molecular formula is C14H14N2O3S2. The van der Waals surface area contributed by atoms with Gasteiger partial charge >= 0.3 is 5.97 Å². The zero-order valence-electron chi connectivity index (χ0n) is 11.4. The average molecular weight is 322 g/mol. The van der Waals surface area contributed by atoms with Crippen molar-refractivity contribution >= 4 is 35.0 Å². The molecule has 0 aliphatic heterocycles. The van der Waals surface area contributed by atoms with Gasteiger partial charge in [0.15, 0.2) is 6.61 Å². The van der Waals surface area contributed by atoms with Crippen molar-refractivity contribution < 1.29 is 14.3 Å². The number of hydrogen-bond acceptors (Lipinski definition) is 6. The Balaban J connectivity index is 2.05. The molecule has 2 rings (SSSR count). The van der Waals surface area contributed by atoms with E-state index < -0.39 is 18.5 Å². The third-order valence-electron chi connectivity index (χ3n) is 2.53. The Morgan fingerprint density at radius 1 is 1.38 bits per heavy atom. The molecule has 110 valence electrons. The van der Waals surface area contributed by atoms with Gasteiger partial charge in [-0.05, 0) is 18.6 Å². The quantitative estimate of drug-likeness (QED) is 0.652. The van der Waals surface area contributed by atoms with E-state index in [4.69, 9.17) is 10.5 Å². The smallest absolute Gasteiger partial charge is 0.338 e. The summed E-state index contributed by atoms with van der Waals surface area (Å²) in [5.41, 5.74) is 7.23. The number of amides is 1. The highest BCUT2D eigenvalue weighted by molar-refractivity contribution is 8.00. The predicted molar refractivity (Wildman–Crippen MR) is 82.3 cm³/mol. The maximum absolute atomic E-state index is 11.9. The van der Waals surface area contributed by atoms with Crippen LogP contribution in [-0.2, 0) is 15.3 Å². The van der Waals surface area contributed by atoms with Gasteiger partial charge in [0.25, 0.3) is 5.91 Å². The van der Waals surface area contributed by atoms with Crippen molar-refractivity contribution in [2.75, 3.05) is 6.61 Å². The first kappa shape index (κ1) is 15.5. The molecule has 1 aromatic heterocycles. The van der Waals surface area contributed by atoms with Gasteiger partial charge in [-0.25, -0.2) is 9.78 Å². The van der Waals surface area contributed by atoms with Crippen molar-refractivity contribution in [2.45, 2.75) is 17.0 Å². The van der Waals surface area contributed by atoms with Gasteiger partial charge in [-0.1, -0.05) is 30.0 Å². The van der Waals surface area contributed by atoms with Gasteiger partial charge in [0.05, 0.1) is 5.56 Å². The lowest BCUT2D eigenvalue weighted by molar-refractivity contribution is -0.121. The van der Waals surface area contributed by atoms with Gasteiger partial charge in [-0.15, -0.1) is 11.3 Å². The predicted octanol–water partition coefficient (Wildman–Crippen LogP) is 2.39. The van der Waals surface area contributed by atoms with Crippen LogP contribution in [0.15, 0.2) is 34.0 Å². The summed E-state index contributed by atoms with van der Waals surface area (Å²) in [4.78, 5) is 27.0. The van der Waals surface area contributed by atoms with E-state index in [2.05, 4.69) is 4.98 Å². The number of thioether (sulfide) groups is 1. The second-order valence-corrected chi connectivity index (χ2v) is 6.32. The highest BCUT2D eigenvalue weighted by Crippen LogP contribution is 2.27. The van der Waals surface area contributed by atoms with Crippen molar-refractivity contribution in [1.29, 1.82) is 0 Å². The number of nitrogens with two attached hydrogens (primary N) is 1. The fourth-order valence-corrected chi connectivity index (χ4v) is 3.45. The van der Waals surface area contributed by atoms with E-state index in [9.17, 15) is 9.59 Å². The Morgan fingerprint density at radius 3 is 2.81 bits per heavy atom. The van der Waals surface area contributed by atoms with Crippen LogP contribution in [0, 0.1) is 6.92 Å². The lowest BCUT2D eigenvalue weighted by Crippen LogP contribution is -2.21. The molecule has 0 unspecified atom stereocenters. The third kappa shape index (κ3) is 4.57. The number of rotatable bonds is 6. The summed E-state index contributed by atoms with van der Waals surface area (Å²) in [6.45, 7) is 1.53. The van der Waals surface area contributed by atoms with Gasteiger partial charge in [-0.2, -0.15) is 0 Å².